The molecule has 1 saturated heterocycles. The van der Waals surface area contributed by atoms with E-state index in [0.717, 1.165) is 36.1 Å². The normalized spacial score (nSPS) is 17.5. The van der Waals surface area contributed by atoms with Gasteiger partial charge in [-0.25, -0.2) is 0 Å². The molecule has 1 amide bonds. The second-order valence-electron chi connectivity index (χ2n) is 7.06. The summed E-state index contributed by atoms with van der Waals surface area (Å²) in [5.74, 6) is 0.0569. The van der Waals surface area contributed by atoms with Crippen LogP contribution in [0.25, 0.3) is 11.0 Å². The molecule has 2 heterocycles. The zero-order valence-electron chi connectivity index (χ0n) is 15.1. The van der Waals surface area contributed by atoms with Gasteiger partial charge in [0.1, 0.15) is 11.0 Å². The van der Waals surface area contributed by atoms with Crippen LogP contribution in [0.5, 0.6) is 0 Å². The molecule has 1 aliphatic rings. The predicted molar refractivity (Wildman–Crippen MR) is 102 cm³/mol. The van der Waals surface area contributed by atoms with Crippen molar-refractivity contribution in [2.45, 2.75) is 32.7 Å². The number of aryl methyl sites for hydroxylation is 2. The number of aromatic amines is 1. The molecular weight excluding hydrogens is 326 g/mol. The Morgan fingerprint density at radius 1 is 1.12 bits per heavy atom. The molecule has 1 aromatic heterocycles. The molecule has 26 heavy (non-hydrogen) atoms. The Morgan fingerprint density at radius 3 is 2.81 bits per heavy atom. The number of aromatic nitrogens is 3. The topological polar surface area (TPSA) is 73.9 Å². The fraction of sp³-hybridized carbons (Fsp3) is 0.350. The zero-order chi connectivity index (χ0) is 18.1. The highest BCUT2D eigenvalue weighted by Crippen LogP contribution is 2.21. The molecule has 3 aromatic rings. The van der Waals surface area contributed by atoms with Gasteiger partial charge in [0.25, 0.3) is 5.91 Å². The number of hydrogen-bond acceptors (Lipinski definition) is 4. The zero-order valence-corrected chi connectivity index (χ0v) is 15.1. The fourth-order valence-corrected chi connectivity index (χ4v) is 3.50. The lowest BCUT2D eigenvalue weighted by Crippen LogP contribution is -2.45. The van der Waals surface area contributed by atoms with Gasteiger partial charge < -0.3 is 10.2 Å². The number of nitrogens with zero attached hydrogens (tertiary/aromatic N) is 3. The van der Waals surface area contributed by atoms with E-state index in [1.165, 1.54) is 11.1 Å². The van der Waals surface area contributed by atoms with Gasteiger partial charge in [-0.15, -0.1) is 0 Å². The number of H-pyrrole nitrogens is 1. The molecule has 0 aliphatic carbocycles. The van der Waals surface area contributed by atoms with E-state index >= 15 is 0 Å². The quantitative estimate of drug-likeness (QED) is 0.761. The van der Waals surface area contributed by atoms with Crippen molar-refractivity contribution in [3.63, 3.8) is 0 Å². The van der Waals surface area contributed by atoms with Crippen LogP contribution in [0.1, 0.15) is 34.3 Å². The van der Waals surface area contributed by atoms with Crippen LogP contribution in [-0.4, -0.2) is 45.3 Å². The summed E-state index contributed by atoms with van der Waals surface area (Å²) < 4.78 is 0. The number of anilines is 1. The highest BCUT2D eigenvalue weighted by Gasteiger charge is 2.24. The van der Waals surface area contributed by atoms with E-state index in [0.29, 0.717) is 12.1 Å². The first-order valence-electron chi connectivity index (χ1n) is 9.04. The van der Waals surface area contributed by atoms with Crippen LogP contribution >= 0.6 is 0 Å². The number of amides is 1. The Hall–Kier alpha value is -2.89. The van der Waals surface area contributed by atoms with Gasteiger partial charge in [0.05, 0.1) is 0 Å². The summed E-state index contributed by atoms with van der Waals surface area (Å²) >= 11 is 0. The van der Waals surface area contributed by atoms with Crippen LogP contribution in [0.15, 0.2) is 36.4 Å². The minimum Gasteiger partial charge on any atom is -0.381 e. The van der Waals surface area contributed by atoms with Crippen LogP contribution in [0, 0.1) is 13.8 Å². The minimum absolute atomic E-state index is 0.0569. The SMILES string of the molecule is Cc1ccc(N[C@H]2CCCN(C(=O)c3ccc4n[nH]nc4c3)C2)cc1C. The first kappa shape index (κ1) is 16.6. The number of likely N-dealkylation sites (tertiary alicyclic amines) is 1. The molecule has 0 radical (unpaired) electrons. The van der Waals surface area contributed by atoms with E-state index in [4.69, 9.17) is 0 Å². The van der Waals surface area contributed by atoms with E-state index in [1.54, 1.807) is 0 Å². The molecule has 1 aliphatic heterocycles. The van der Waals surface area contributed by atoms with Crippen LogP contribution < -0.4 is 5.32 Å². The standard InChI is InChI=1S/C20H23N5O/c1-13-5-7-16(10-14(13)2)21-17-4-3-9-25(12-17)20(26)15-6-8-18-19(11-15)23-24-22-18/h5-8,10-11,17,21H,3-4,9,12H2,1-2H3,(H,22,23,24)/t17-/m0/s1. The number of rotatable bonds is 3. The number of carbonyl (C=O) groups is 1. The minimum atomic E-state index is 0.0569. The molecule has 4 rings (SSSR count). The third kappa shape index (κ3) is 3.27. The van der Waals surface area contributed by atoms with Gasteiger partial charge in [-0.05, 0) is 68.1 Å². The molecule has 6 heteroatoms. The maximum atomic E-state index is 12.9. The number of piperidine rings is 1. The molecule has 0 unspecified atom stereocenters. The van der Waals surface area contributed by atoms with Gasteiger partial charge >= 0.3 is 0 Å². The molecule has 134 valence electrons. The molecule has 1 fully saturated rings. The number of hydrogen-bond donors (Lipinski definition) is 2. The van der Waals surface area contributed by atoms with Crippen molar-refractivity contribution in [1.29, 1.82) is 0 Å². The van der Waals surface area contributed by atoms with Crippen molar-refractivity contribution in [3.05, 3.63) is 53.1 Å². The van der Waals surface area contributed by atoms with Crippen LogP contribution in [0.4, 0.5) is 5.69 Å². The van der Waals surface area contributed by atoms with Gasteiger partial charge in [-0.1, -0.05) is 6.07 Å². The Morgan fingerprint density at radius 2 is 1.96 bits per heavy atom. The van der Waals surface area contributed by atoms with Crippen molar-refractivity contribution >= 4 is 22.6 Å². The second kappa shape index (κ2) is 6.78. The number of nitrogens with one attached hydrogen (secondary N) is 2. The second-order valence-corrected chi connectivity index (χ2v) is 7.06. The summed E-state index contributed by atoms with van der Waals surface area (Å²) in [6.45, 7) is 5.74. The predicted octanol–water partition coefficient (Wildman–Crippen LogP) is 3.29. The number of benzene rings is 2. The average Bonchev–Trinajstić information content (AvgIpc) is 3.12. The molecule has 0 spiro atoms. The van der Waals surface area contributed by atoms with Gasteiger partial charge in [-0.3, -0.25) is 4.79 Å². The van der Waals surface area contributed by atoms with E-state index in [9.17, 15) is 4.79 Å². The van der Waals surface area contributed by atoms with Crippen molar-refractivity contribution in [2.24, 2.45) is 0 Å². The summed E-state index contributed by atoms with van der Waals surface area (Å²) in [7, 11) is 0. The van der Waals surface area contributed by atoms with Crippen molar-refractivity contribution in [2.75, 3.05) is 18.4 Å². The highest BCUT2D eigenvalue weighted by molar-refractivity contribution is 5.97. The monoisotopic (exact) mass is 349 g/mol. The summed E-state index contributed by atoms with van der Waals surface area (Å²) in [4.78, 5) is 14.8. The smallest absolute Gasteiger partial charge is 0.254 e. The maximum Gasteiger partial charge on any atom is 0.254 e. The molecule has 0 bridgehead atoms. The van der Waals surface area contributed by atoms with Gasteiger partial charge in [0.2, 0.25) is 0 Å². The highest BCUT2D eigenvalue weighted by atomic mass is 16.2. The Labute approximate surface area is 152 Å². The maximum absolute atomic E-state index is 12.9. The van der Waals surface area contributed by atoms with Crippen LogP contribution in [0.3, 0.4) is 0 Å². The molecule has 1 atom stereocenters. The lowest BCUT2D eigenvalue weighted by molar-refractivity contribution is 0.0715. The third-order valence-electron chi connectivity index (χ3n) is 5.15. The van der Waals surface area contributed by atoms with Crippen molar-refractivity contribution < 1.29 is 4.79 Å². The van der Waals surface area contributed by atoms with E-state index in [-0.39, 0.29) is 11.9 Å². The summed E-state index contributed by atoms with van der Waals surface area (Å²) in [6.07, 6.45) is 2.07. The fourth-order valence-electron chi connectivity index (χ4n) is 3.50. The van der Waals surface area contributed by atoms with Gasteiger partial charge in [0.15, 0.2) is 0 Å². The van der Waals surface area contributed by atoms with E-state index in [1.807, 2.05) is 23.1 Å². The molecule has 6 nitrogen and oxygen atoms in total. The van der Waals surface area contributed by atoms with Crippen molar-refractivity contribution in [1.82, 2.24) is 20.3 Å². The van der Waals surface area contributed by atoms with Crippen molar-refractivity contribution in [3.8, 4) is 0 Å². The summed E-state index contributed by atoms with van der Waals surface area (Å²) in [5.41, 5.74) is 5.85. The lowest BCUT2D eigenvalue weighted by Gasteiger charge is -2.34. The van der Waals surface area contributed by atoms with E-state index in [2.05, 4.69) is 52.8 Å². The average molecular weight is 349 g/mol. The van der Waals surface area contributed by atoms with Gasteiger partial charge in [0, 0.05) is 30.4 Å². The number of fused-ring (bicyclic) bond motifs is 1. The third-order valence-corrected chi connectivity index (χ3v) is 5.15. The molecule has 2 N–H and O–H groups in total. The largest absolute Gasteiger partial charge is 0.381 e. The number of carbonyl (C=O) groups excluding carboxylic acids is 1. The molecule has 2 aromatic carbocycles. The Balaban J connectivity index is 1.46. The molecular formula is C20H23N5O. The Bertz CT molecular complexity index is 948. The van der Waals surface area contributed by atoms with Crippen LogP contribution in [-0.2, 0) is 0 Å². The molecule has 0 saturated carbocycles. The van der Waals surface area contributed by atoms with Gasteiger partial charge in [-0.2, -0.15) is 15.4 Å². The van der Waals surface area contributed by atoms with Crippen LogP contribution in [0.2, 0.25) is 0 Å². The first-order valence-corrected chi connectivity index (χ1v) is 9.04. The first-order chi connectivity index (χ1) is 12.6. The summed E-state index contributed by atoms with van der Waals surface area (Å²) in [5, 5.41) is 14.3. The lowest BCUT2D eigenvalue weighted by atomic mass is 10.0. The van der Waals surface area contributed by atoms with E-state index < -0.39 is 0 Å². The Kier molecular flexibility index (Phi) is 4.32. The summed E-state index contributed by atoms with van der Waals surface area (Å²) in [6, 6.07) is 12.2.